The number of rotatable bonds is 4. The predicted molar refractivity (Wildman–Crippen MR) is 109 cm³/mol. The van der Waals surface area contributed by atoms with Crippen LogP contribution in [0.2, 0.25) is 15.1 Å². The Kier molecular flexibility index (Phi) is 6.22. The lowest BCUT2D eigenvalue weighted by molar-refractivity contribution is 0.101. The van der Waals surface area contributed by atoms with Gasteiger partial charge in [0.25, 0.3) is 0 Å². The van der Waals surface area contributed by atoms with E-state index in [1.165, 1.54) is 35.5 Å². The first kappa shape index (κ1) is 21.3. The fraction of sp³-hybridized carbons (Fsp3) is 0.278. The van der Waals surface area contributed by atoms with Crippen molar-refractivity contribution in [3.05, 3.63) is 56.8 Å². The Bertz CT molecular complexity index is 1020. The van der Waals surface area contributed by atoms with Crippen molar-refractivity contribution in [3.63, 3.8) is 0 Å². The summed E-state index contributed by atoms with van der Waals surface area (Å²) in [5, 5.41) is 0.139. The van der Waals surface area contributed by atoms with Crippen molar-refractivity contribution in [2.75, 3.05) is 31.1 Å². The lowest BCUT2D eigenvalue weighted by atomic mass is 10.1. The van der Waals surface area contributed by atoms with Gasteiger partial charge >= 0.3 is 0 Å². The molecule has 28 heavy (non-hydrogen) atoms. The zero-order valence-electron chi connectivity index (χ0n) is 14.8. The van der Waals surface area contributed by atoms with Gasteiger partial charge in [0.2, 0.25) is 10.0 Å². The molecule has 5 nitrogen and oxygen atoms in total. The average Bonchev–Trinajstić information content (AvgIpc) is 2.60. The van der Waals surface area contributed by atoms with Gasteiger partial charge < -0.3 is 4.90 Å². The Morgan fingerprint density at radius 1 is 1.00 bits per heavy atom. The first-order valence-electron chi connectivity index (χ1n) is 8.31. The van der Waals surface area contributed by atoms with Gasteiger partial charge in [0.1, 0.15) is 10.7 Å². The molecule has 1 heterocycles. The van der Waals surface area contributed by atoms with E-state index in [1.54, 1.807) is 11.0 Å². The molecular weight excluding hydrogens is 450 g/mol. The van der Waals surface area contributed by atoms with E-state index in [-0.39, 0.29) is 57.5 Å². The van der Waals surface area contributed by atoms with Gasteiger partial charge in [0.05, 0.1) is 15.7 Å². The molecule has 2 aromatic rings. The third-order valence-electron chi connectivity index (χ3n) is 4.49. The van der Waals surface area contributed by atoms with Crippen molar-refractivity contribution in [2.45, 2.75) is 11.8 Å². The summed E-state index contributed by atoms with van der Waals surface area (Å²) in [6, 6.07) is 6.92. The molecule has 2 aromatic carbocycles. The highest BCUT2D eigenvalue weighted by Gasteiger charge is 2.32. The lowest BCUT2D eigenvalue weighted by Crippen LogP contribution is -2.49. The number of carbonyl (C=O) groups is 1. The molecule has 1 aliphatic heterocycles. The minimum Gasteiger partial charge on any atom is -0.367 e. The van der Waals surface area contributed by atoms with E-state index in [1.807, 2.05) is 0 Å². The molecule has 0 aromatic heterocycles. The second kappa shape index (κ2) is 8.16. The van der Waals surface area contributed by atoms with Crippen LogP contribution >= 0.6 is 34.8 Å². The maximum atomic E-state index is 14.4. The molecule has 3 rings (SSSR count). The van der Waals surface area contributed by atoms with E-state index < -0.39 is 15.8 Å². The Balaban J connectivity index is 1.80. The van der Waals surface area contributed by atoms with E-state index >= 15 is 0 Å². The van der Waals surface area contributed by atoms with Gasteiger partial charge in [-0.15, -0.1) is 0 Å². The first-order chi connectivity index (χ1) is 13.1. The second-order valence-electron chi connectivity index (χ2n) is 6.31. The third kappa shape index (κ3) is 4.14. The highest BCUT2D eigenvalue weighted by Crippen LogP contribution is 2.35. The van der Waals surface area contributed by atoms with E-state index in [4.69, 9.17) is 34.8 Å². The first-order valence-corrected chi connectivity index (χ1v) is 10.9. The van der Waals surface area contributed by atoms with Gasteiger partial charge in [0.15, 0.2) is 5.78 Å². The summed E-state index contributed by atoms with van der Waals surface area (Å²) in [6.07, 6.45) is 0. The Morgan fingerprint density at radius 2 is 1.57 bits per heavy atom. The van der Waals surface area contributed by atoms with Crippen LogP contribution in [0, 0.1) is 5.82 Å². The number of anilines is 1. The van der Waals surface area contributed by atoms with Crippen LogP contribution in [0.3, 0.4) is 0 Å². The number of sulfonamides is 1. The van der Waals surface area contributed by atoms with Crippen molar-refractivity contribution < 1.29 is 17.6 Å². The minimum absolute atomic E-state index is 0.0502. The van der Waals surface area contributed by atoms with Gasteiger partial charge in [-0.1, -0.05) is 34.8 Å². The highest BCUT2D eigenvalue weighted by atomic mass is 35.5. The fourth-order valence-corrected chi connectivity index (χ4v) is 5.97. The summed E-state index contributed by atoms with van der Waals surface area (Å²) in [5.74, 6) is -0.745. The summed E-state index contributed by atoms with van der Waals surface area (Å²) in [6.45, 7) is 2.18. The number of hydrogen-bond donors (Lipinski definition) is 0. The van der Waals surface area contributed by atoms with Gasteiger partial charge in [0, 0.05) is 36.8 Å². The molecule has 0 atom stereocenters. The molecule has 10 heteroatoms. The zero-order valence-corrected chi connectivity index (χ0v) is 17.8. The molecule has 1 aliphatic rings. The maximum absolute atomic E-state index is 14.4. The van der Waals surface area contributed by atoms with Gasteiger partial charge in [-0.25, -0.2) is 12.8 Å². The minimum atomic E-state index is -3.93. The number of benzene rings is 2. The standard InChI is InChI=1S/C18H16Cl3FN2O3S/c1-11(25)12-2-3-17(16(22)8-12)23-4-6-24(7-5-23)28(26,27)18-14(20)9-13(19)10-15(18)21/h2-3,8-10H,4-7H2,1H3. The van der Waals surface area contributed by atoms with Crippen LogP contribution in [0.15, 0.2) is 35.2 Å². The smallest absolute Gasteiger partial charge is 0.246 e. The number of ketones is 1. The molecule has 0 radical (unpaired) electrons. The number of nitrogens with zero attached hydrogens (tertiary/aromatic N) is 2. The summed E-state index contributed by atoms with van der Waals surface area (Å²) >= 11 is 18.0. The van der Waals surface area contributed by atoms with Gasteiger partial charge in [-0.3, -0.25) is 4.79 Å². The van der Waals surface area contributed by atoms with Gasteiger partial charge in [-0.2, -0.15) is 4.31 Å². The van der Waals surface area contributed by atoms with Crippen LogP contribution in [0.5, 0.6) is 0 Å². The number of halogens is 4. The van der Waals surface area contributed by atoms with Crippen LogP contribution in [-0.4, -0.2) is 44.7 Å². The normalized spacial score (nSPS) is 15.7. The molecule has 0 bridgehead atoms. The molecule has 1 saturated heterocycles. The molecular formula is C18H16Cl3FN2O3S. The molecule has 0 amide bonds. The topological polar surface area (TPSA) is 57.7 Å². The molecule has 0 spiro atoms. The maximum Gasteiger partial charge on any atom is 0.246 e. The molecule has 0 saturated carbocycles. The van der Waals surface area contributed by atoms with E-state index in [0.717, 1.165) is 0 Å². The number of piperazine rings is 1. The van der Waals surface area contributed by atoms with Crippen LogP contribution in [0.1, 0.15) is 17.3 Å². The Hall–Kier alpha value is -1.38. The predicted octanol–water partition coefficient (Wildman–Crippen LogP) is 4.50. The SMILES string of the molecule is CC(=O)c1ccc(N2CCN(S(=O)(=O)c3c(Cl)cc(Cl)cc3Cl)CC2)c(F)c1. The van der Waals surface area contributed by atoms with E-state index in [2.05, 4.69) is 0 Å². The Morgan fingerprint density at radius 3 is 2.07 bits per heavy atom. The van der Waals surface area contributed by atoms with E-state index in [9.17, 15) is 17.6 Å². The van der Waals surface area contributed by atoms with Crippen LogP contribution in [0.25, 0.3) is 0 Å². The average molecular weight is 466 g/mol. The van der Waals surface area contributed by atoms with E-state index in [0.29, 0.717) is 5.69 Å². The summed E-state index contributed by atoms with van der Waals surface area (Å²) in [7, 11) is -3.93. The Labute approximate surface area is 177 Å². The largest absolute Gasteiger partial charge is 0.367 e. The summed E-state index contributed by atoms with van der Waals surface area (Å²) < 4.78 is 41.5. The van der Waals surface area contributed by atoms with Crippen molar-refractivity contribution in [1.29, 1.82) is 0 Å². The summed E-state index contributed by atoms with van der Waals surface area (Å²) in [5.41, 5.74) is 0.610. The van der Waals surface area contributed by atoms with Gasteiger partial charge in [-0.05, 0) is 37.3 Å². The zero-order chi connectivity index (χ0) is 20.6. The van der Waals surface area contributed by atoms with Crippen molar-refractivity contribution in [1.82, 2.24) is 4.31 Å². The number of carbonyl (C=O) groups excluding carboxylic acids is 1. The fourth-order valence-electron chi connectivity index (χ4n) is 3.06. The van der Waals surface area contributed by atoms with Crippen LogP contribution in [-0.2, 0) is 10.0 Å². The third-order valence-corrected chi connectivity index (χ3v) is 7.53. The molecule has 150 valence electrons. The van der Waals surface area contributed by atoms with Crippen molar-refractivity contribution in [3.8, 4) is 0 Å². The van der Waals surface area contributed by atoms with Crippen LogP contribution < -0.4 is 4.90 Å². The van der Waals surface area contributed by atoms with Crippen molar-refractivity contribution in [2.24, 2.45) is 0 Å². The summed E-state index contributed by atoms with van der Waals surface area (Å²) in [4.78, 5) is 12.9. The highest BCUT2D eigenvalue weighted by molar-refractivity contribution is 7.89. The molecule has 0 unspecified atom stereocenters. The molecule has 0 aliphatic carbocycles. The monoisotopic (exact) mass is 464 g/mol. The lowest BCUT2D eigenvalue weighted by Gasteiger charge is -2.35. The second-order valence-corrected chi connectivity index (χ2v) is 9.44. The number of Topliss-reactive ketones (excluding diaryl/α,β-unsaturated/α-hetero) is 1. The quantitative estimate of drug-likeness (QED) is 0.624. The van der Waals surface area contributed by atoms with Crippen LogP contribution in [0.4, 0.5) is 10.1 Å². The molecule has 1 fully saturated rings. The van der Waals surface area contributed by atoms with Crippen molar-refractivity contribution >= 4 is 56.3 Å². The molecule has 0 N–H and O–H groups in total. The number of hydrogen-bond acceptors (Lipinski definition) is 4.